The fourth-order valence-corrected chi connectivity index (χ4v) is 4.30. The molecule has 0 spiro atoms. The molecule has 1 unspecified atom stereocenters. The van der Waals surface area contributed by atoms with Crippen LogP contribution in [0, 0.1) is 3.95 Å². The van der Waals surface area contributed by atoms with E-state index in [9.17, 15) is 9.90 Å². The quantitative estimate of drug-likeness (QED) is 0.663. The van der Waals surface area contributed by atoms with Gasteiger partial charge in [0.1, 0.15) is 0 Å². The second-order valence-electron chi connectivity index (χ2n) is 6.02. The molecule has 5 nitrogen and oxygen atoms in total. The second-order valence-corrected chi connectivity index (χ2v) is 7.70. The highest BCUT2D eigenvalue weighted by Gasteiger charge is 2.20. The standard InChI is InChI=1S/C18H16N2O3S2/c21-16-12(8-11-4-1-2-6-14(11)19-16)9-15-17(22)20(18(24)25-15)10-13-5-3-7-23-13/h1-2,4,6,8-9,13,22H,3,5,7,10H2/b12-9+. The lowest BCUT2D eigenvalue weighted by molar-refractivity contribution is -0.114. The molecule has 1 N–H and O–H groups in total. The highest BCUT2D eigenvalue weighted by molar-refractivity contribution is 7.73. The van der Waals surface area contributed by atoms with Crippen molar-refractivity contribution in [1.29, 1.82) is 0 Å². The van der Waals surface area contributed by atoms with Crippen molar-refractivity contribution in [2.75, 3.05) is 6.61 Å². The smallest absolute Gasteiger partial charge is 0.277 e. The zero-order valence-electron chi connectivity index (χ0n) is 13.3. The first kappa shape index (κ1) is 16.4. The molecule has 3 heterocycles. The molecule has 4 rings (SSSR count). The summed E-state index contributed by atoms with van der Waals surface area (Å²) in [6.07, 6.45) is 5.53. The van der Waals surface area contributed by atoms with Gasteiger partial charge in [0, 0.05) is 17.4 Å². The molecule has 1 aromatic carbocycles. The Balaban J connectivity index is 1.71. The third-order valence-electron chi connectivity index (χ3n) is 4.31. The van der Waals surface area contributed by atoms with Crippen molar-refractivity contribution in [3.8, 4) is 5.88 Å². The van der Waals surface area contributed by atoms with E-state index in [2.05, 4.69) is 4.99 Å². The van der Waals surface area contributed by atoms with Gasteiger partial charge in [-0.2, -0.15) is 0 Å². The number of hydrogen-bond donors (Lipinski definition) is 1. The number of aromatic nitrogens is 1. The number of carbonyl (C=O) groups excluding carboxylic acids is 1. The van der Waals surface area contributed by atoms with Gasteiger partial charge >= 0.3 is 0 Å². The van der Waals surface area contributed by atoms with Crippen LogP contribution in [-0.4, -0.2) is 28.3 Å². The Hall–Kier alpha value is -2.09. The molecule has 25 heavy (non-hydrogen) atoms. The Kier molecular flexibility index (Phi) is 4.37. The monoisotopic (exact) mass is 372 g/mol. The van der Waals surface area contributed by atoms with Crippen molar-refractivity contribution in [3.05, 3.63) is 49.2 Å². The van der Waals surface area contributed by atoms with Crippen molar-refractivity contribution >= 4 is 41.6 Å². The fourth-order valence-electron chi connectivity index (χ4n) is 3.02. The maximum Gasteiger partial charge on any atom is 0.277 e. The molecule has 1 atom stereocenters. The molecule has 1 saturated heterocycles. The van der Waals surface area contributed by atoms with Gasteiger partial charge in [-0.1, -0.05) is 18.2 Å². The summed E-state index contributed by atoms with van der Waals surface area (Å²) in [5, 5.41) is 12.1. The van der Waals surface area contributed by atoms with Crippen LogP contribution >= 0.6 is 23.6 Å². The predicted octanol–water partition coefficient (Wildman–Crippen LogP) is 2.19. The average Bonchev–Trinajstić information content (AvgIpc) is 3.20. The lowest BCUT2D eigenvalue weighted by Crippen LogP contribution is -2.29. The van der Waals surface area contributed by atoms with E-state index in [0.29, 0.717) is 26.3 Å². The number of carbonyl (C=O) groups is 1. The van der Waals surface area contributed by atoms with Crippen LogP contribution in [0.25, 0.3) is 12.2 Å². The topological polar surface area (TPSA) is 63.8 Å². The lowest BCUT2D eigenvalue weighted by atomic mass is 10.1. The van der Waals surface area contributed by atoms with Crippen LogP contribution in [0.2, 0.25) is 0 Å². The molecule has 0 saturated carbocycles. The van der Waals surface area contributed by atoms with E-state index >= 15 is 0 Å². The number of para-hydroxylation sites is 1. The van der Waals surface area contributed by atoms with Gasteiger partial charge in [-0.25, -0.2) is 4.99 Å². The van der Waals surface area contributed by atoms with Gasteiger partial charge in [0.05, 0.1) is 22.9 Å². The van der Waals surface area contributed by atoms with Gasteiger partial charge in [-0.3, -0.25) is 9.36 Å². The van der Waals surface area contributed by atoms with Crippen LogP contribution in [0.15, 0.2) is 34.8 Å². The first-order valence-corrected chi connectivity index (χ1v) is 9.30. The summed E-state index contributed by atoms with van der Waals surface area (Å²) in [5.41, 5.74) is 0.439. The van der Waals surface area contributed by atoms with Gasteiger partial charge in [-0.05, 0) is 43.3 Å². The molecular formula is C18H16N2O3S2. The van der Waals surface area contributed by atoms with Gasteiger partial charge in [0.2, 0.25) is 5.88 Å². The van der Waals surface area contributed by atoms with Crippen molar-refractivity contribution in [2.24, 2.45) is 4.99 Å². The fraction of sp³-hybridized carbons (Fsp3) is 0.278. The normalized spacial score (nSPS) is 21.0. The van der Waals surface area contributed by atoms with E-state index in [1.54, 1.807) is 22.8 Å². The summed E-state index contributed by atoms with van der Waals surface area (Å²) >= 11 is 6.66. The molecule has 1 aromatic heterocycles. The lowest BCUT2D eigenvalue weighted by Gasteiger charge is -2.11. The number of benzene rings is 1. The second kappa shape index (κ2) is 6.67. The zero-order chi connectivity index (χ0) is 17.4. The average molecular weight is 372 g/mol. The first-order valence-electron chi connectivity index (χ1n) is 8.07. The van der Waals surface area contributed by atoms with Crippen LogP contribution in [0.3, 0.4) is 0 Å². The first-order chi connectivity index (χ1) is 12.1. The molecule has 1 amide bonds. The number of ether oxygens (including phenoxy) is 1. The number of nitrogens with zero attached hydrogens (tertiary/aromatic N) is 2. The molecule has 2 aliphatic heterocycles. The minimum Gasteiger partial charge on any atom is -0.493 e. The minimum absolute atomic E-state index is 0.0810. The van der Waals surface area contributed by atoms with Gasteiger partial charge in [0.15, 0.2) is 3.95 Å². The van der Waals surface area contributed by atoms with Crippen molar-refractivity contribution in [3.63, 3.8) is 0 Å². The Labute approximate surface area is 153 Å². The van der Waals surface area contributed by atoms with E-state index in [0.717, 1.165) is 24.7 Å². The van der Waals surface area contributed by atoms with Gasteiger partial charge < -0.3 is 9.84 Å². The molecule has 2 aromatic rings. The molecule has 1 fully saturated rings. The Morgan fingerprint density at radius 3 is 3.08 bits per heavy atom. The van der Waals surface area contributed by atoms with Gasteiger partial charge in [0.25, 0.3) is 5.91 Å². The van der Waals surface area contributed by atoms with E-state index in [4.69, 9.17) is 17.0 Å². The molecule has 7 heteroatoms. The van der Waals surface area contributed by atoms with Gasteiger partial charge in [-0.15, -0.1) is 11.3 Å². The highest BCUT2D eigenvalue weighted by Crippen LogP contribution is 2.30. The van der Waals surface area contributed by atoms with Crippen LogP contribution in [0.5, 0.6) is 5.88 Å². The van der Waals surface area contributed by atoms with Crippen molar-refractivity contribution in [1.82, 2.24) is 4.57 Å². The van der Waals surface area contributed by atoms with E-state index in [1.807, 2.05) is 18.2 Å². The van der Waals surface area contributed by atoms with Crippen LogP contribution in [-0.2, 0) is 16.1 Å². The van der Waals surface area contributed by atoms with Crippen molar-refractivity contribution in [2.45, 2.75) is 25.5 Å². The van der Waals surface area contributed by atoms with E-state index in [1.165, 1.54) is 11.3 Å². The molecular weight excluding hydrogens is 356 g/mol. The Morgan fingerprint density at radius 2 is 2.28 bits per heavy atom. The molecule has 0 aliphatic carbocycles. The summed E-state index contributed by atoms with van der Waals surface area (Å²) in [5.74, 6) is -0.235. The minimum atomic E-state index is -0.317. The molecule has 128 valence electrons. The summed E-state index contributed by atoms with van der Waals surface area (Å²) in [7, 11) is 0. The van der Waals surface area contributed by atoms with Crippen LogP contribution in [0.1, 0.15) is 17.7 Å². The summed E-state index contributed by atoms with van der Waals surface area (Å²) < 4.78 is 7.87. The van der Waals surface area contributed by atoms with Crippen LogP contribution in [0.4, 0.5) is 0 Å². The SMILES string of the molecule is O=C1N=c2ccccc2=C/C1=C\c1sc(=S)n(CC2CCCO2)c1O. The predicted molar refractivity (Wildman–Crippen MR) is 98.5 cm³/mol. The molecule has 2 aliphatic rings. The zero-order valence-corrected chi connectivity index (χ0v) is 15.0. The summed E-state index contributed by atoms with van der Waals surface area (Å²) in [6.45, 7) is 1.29. The number of hydrogen-bond acceptors (Lipinski definition) is 5. The number of amides is 1. The maximum atomic E-state index is 12.2. The number of thiazole rings is 1. The number of rotatable bonds is 3. The third kappa shape index (κ3) is 3.22. The largest absolute Gasteiger partial charge is 0.493 e. The van der Waals surface area contributed by atoms with Crippen LogP contribution < -0.4 is 10.6 Å². The third-order valence-corrected chi connectivity index (χ3v) is 5.69. The number of aromatic hydroxyl groups is 1. The van der Waals surface area contributed by atoms with E-state index < -0.39 is 0 Å². The molecule has 0 bridgehead atoms. The Bertz CT molecular complexity index is 1040. The summed E-state index contributed by atoms with van der Waals surface area (Å²) in [4.78, 5) is 16.9. The van der Waals surface area contributed by atoms with Crippen molar-refractivity contribution < 1.29 is 14.6 Å². The Morgan fingerprint density at radius 1 is 1.44 bits per heavy atom. The summed E-state index contributed by atoms with van der Waals surface area (Å²) in [6, 6.07) is 7.46. The molecule has 0 radical (unpaired) electrons. The highest BCUT2D eigenvalue weighted by atomic mass is 32.1. The van der Waals surface area contributed by atoms with E-state index in [-0.39, 0.29) is 17.9 Å². The number of fused-ring (bicyclic) bond motifs is 1. The maximum absolute atomic E-state index is 12.2.